The summed E-state index contributed by atoms with van der Waals surface area (Å²) in [5, 5.41) is 3.02. The van der Waals surface area contributed by atoms with Crippen molar-refractivity contribution in [2.45, 2.75) is 26.4 Å². The molecule has 0 aliphatic carbocycles. The SMILES string of the molecule is CNC(=O)[C@H](C)N(Cc1ccccc1C)C(=O)COc1ccccc1Cl. The summed E-state index contributed by atoms with van der Waals surface area (Å²) >= 11 is 6.06. The third-order valence-electron chi connectivity index (χ3n) is 4.20. The monoisotopic (exact) mass is 374 g/mol. The quantitative estimate of drug-likeness (QED) is 0.809. The minimum atomic E-state index is -0.623. The first-order chi connectivity index (χ1) is 12.4. The Morgan fingerprint density at radius 3 is 2.46 bits per heavy atom. The number of benzene rings is 2. The fourth-order valence-corrected chi connectivity index (χ4v) is 2.74. The molecule has 0 bridgehead atoms. The second-order valence-corrected chi connectivity index (χ2v) is 6.36. The van der Waals surface area contributed by atoms with Crippen LogP contribution in [0.4, 0.5) is 0 Å². The molecule has 0 aromatic heterocycles. The average molecular weight is 375 g/mol. The molecule has 0 heterocycles. The standard InChI is InChI=1S/C20H23ClN2O3/c1-14-8-4-5-9-16(14)12-23(15(2)20(25)22-3)19(24)13-26-18-11-7-6-10-17(18)21/h4-11,15H,12-13H2,1-3H3,(H,22,25)/t15-/m0/s1. The van der Waals surface area contributed by atoms with Crippen molar-refractivity contribution in [1.29, 1.82) is 0 Å². The van der Waals surface area contributed by atoms with Crippen LogP contribution in [0, 0.1) is 6.92 Å². The predicted octanol–water partition coefficient (Wildman–Crippen LogP) is 3.19. The van der Waals surface area contributed by atoms with Gasteiger partial charge in [0.15, 0.2) is 6.61 Å². The van der Waals surface area contributed by atoms with Gasteiger partial charge in [0.2, 0.25) is 5.91 Å². The van der Waals surface area contributed by atoms with Gasteiger partial charge in [-0.25, -0.2) is 0 Å². The van der Waals surface area contributed by atoms with Crippen molar-refractivity contribution < 1.29 is 14.3 Å². The number of carbonyl (C=O) groups excluding carboxylic acids is 2. The molecule has 5 nitrogen and oxygen atoms in total. The van der Waals surface area contributed by atoms with E-state index < -0.39 is 6.04 Å². The first-order valence-corrected chi connectivity index (χ1v) is 8.74. The molecular weight excluding hydrogens is 352 g/mol. The lowest BCUT2D eigenvalue weighted by Crippen LogP contribution is -2.48. The van der Waals surface area contributed by atoms with Crippen molar-refractivity contribution in [3.8, 4) is 5.75 Å². The third-order valence-corrected chi connectivity index (χ3v) is 4.52. The van der Waals surface area contributed by atoms with Crippen molar-refractivity contribution in [3.63, 3.8) is 0 Å². The molecule has 0 unspecified atom stereocenters. The van der Waals surface area contributed by atoms with Gasteiger partial charge in [0.1, 0.15) is 11.8 Å². The molecule has 26 heavy (non-hydrogen) atoms. The van der Waals surface area contributed by atoms with Crippen molar-refractivity contribution in [2.75, 3.05) is 13.7 Å². The molecule has 1 N–H and O–H groups in total. The maximum Gasteiger partial charge on any atom is 0.261 e. The van der Waals surface area contributed by atoms with E-state index in [4.69, 9.17) is 16.3 Å². The summed E-state index contributed by atoms with van der Waals surface area (Å²) in [7, 11) is 1.55. The van der Waals surface area contributed by atoms with Crippen LogP contribution in [0.3, 0.4) is 0 Å². The Morgan fingerprint density at radius 1 is 1.15 bits per heavy atom. The first kappa shape index (κ1) is 19.8. The number of likely N-dealkylation sites (N-methyl/N-ethyl adjacent to an activating group) is 1. The average Bonchev–Trinajstić information content (AvgIpc) is 2.65. The summed E-state index contributed by atoms with van der Waals surface area (Å²) in [6, 6.07) is 14.1. The number of para-hydroxylation sites is 1. The lowest BCUT2D eigenvalue weighted by molar-refractivity contribution is -0.142. The normalized spacial score (nSPS) is 11.5. The smallest absolute Gasteiger partial charge is 0.261 e. The fourth-order valence-electron chi connectivity index (χ4n) is 2.55. The van der Waals surface area contributed by atoms with E-state index in [9.17, 15) is 9.59 Å². The summed E-state index contributed by atoms with van der Waals surface area (Å²) in [5.74, 6) is -0.0834. The number of nitrogens with one attached hydrogen (secondary N) is 1. The Morgan fingerprint density at radius 2 is 1.81 bits per heavy atom. The highest BCUT2D eigenvalue weighted by Gasteiger charge is 2.26. The van der Waals surface area contributed by atoms with Gasteiger partial charge in [-0.2, -0.15) is 0 Å². The Kier molecular flexibility index (Phi) is 7.04. The van der Waals surface area contributed by atoms with Gasteiger partial charge in [0.05, 0.1) is 5.02 Å². The second kappa shape index (κ2) is 9.25. The summed E-state index contributed by atoms with van der Waals surface area (Å²) in [5.41, 5.74) is 2.04. The van der Waals surface area contributed by atoms with Crippen LogP contribution in [0.25, 0.3) is 0 Å². The topological polar surface area (TPSA) is 58.6 Å². The number of ether oxygens (including phenoxy) is 1. The maximum absolute atomic E-state index is 12.8. The van der Waals surface area contributed by atoms with Crippen LogP contribution in [-0.2, 0) is 16.1 Å². The predicted molar refractivity (Wildman–Crippen MR) is 102 cm³/mol. The molecule has 2 aromatic rings. The number of hydrogen-bond acceptors (Lipinski definition) is 3. The van der Waals surface area contributed by atoms with Gasteiger partial charge >= 0.3 is 0 Å². The van der Waals surface area contributed by atoms with E-state index in [1.54, 1.807) is 38.2 Å². The molecule has 2 rings (SSSR count). The summed E-state index contributed by atoms with van der Waals surface area (Å²) in [4.78, 5) is 26.4. The molecule has 0 spiro atoms. The molecule has 0 saturated heterocycles. The molecule has 1 atom stereocenters. The lowest BCUT2D eigenvalue weighted by atomic mass is 10.1. The van der Waals surface area contributed by atoms with E-state index in [0.29, 0.717) is 17.3 Å². The Balaban J connectivity index is 2.17. The molecule has 2 aromatic carbocycles. The molecule has 0 aliphatic heterocycles. The van der Waals surface area contributed by atoms with E-state index in [1.165, 1.54) is 4.90 Å². The van der Waals surface area contributed by atoms with E-state index >= 15 is 0 Å². The molecule has 2 amide bonds. The maximum atomic E-state index is 12.8. The van der Waals surface area contributed by atoms with Crippen molar-refractivity contribution >= 4 is 23.4 Å². The van der Waals surface area contributed by atoms with Crippen molar-refractivity contribution in [2.24, 2.45) is 0 Å². The number of rotatable bonds is 7. The largest absolute Gasteiger partial charge is 0.482 e. The molecule has 138 valence electrons. The fraction of sp³-hybridized carbons (Fsp3) is 0.300. The second-order valence-electron chi connectivity index (χ2n) is 5.96. The number of hydrogen-bond donors (Lipinski definition) is 1. The number of amides is 2. The van der Waals surface area contributed by atoms with Crippen LogP contribution in [-0.4, -0.2) is 36.4 Å². The number of halogens is 1. The van der Waals surface area contributed by atoms with Crippen LogP contribution >= 0.6 is 11.6 Å². The van der Waals surface area contributed by atoms with Crippen LogP contribution in [0.5, 0.6) is 5.75 Å². The van der Waals surface area contributed by atoms with Gasteiger partial charge in [-0.15, -0.1) is 0 Å². The molecule has 0 aliphatic rings. The zero-order chi connectivity index (χ0) is 19.1. The van der Waals surface area contributed by atoms with Gasteiger partial charge < -0.3 is 15.0 Å². The van der Waals surface area contributed by atoms with Gasteiger partial charge in [-0.05, 0) is 37.1 Å². The molecule has 0 saturated carbocycles. The Hall–Kier alpha value is -2.53. The molecular formula is C20H23ClN2O3. The van der Waals surface area contributed by atoms with Crippen LogP contribution < -0.4 is 10.1 Å². The minimum Gasteiger partial charge on any atom is -0.482 e. The van der Waals surface area contributed by atoms with Gasteiger partial charge in [-0.1, -0.05) is 48.0 Å². The number of aryl methyl sites for hydroxylation is 1. The van der Waals surface area contributed by atoms with E-state index in [-0.39, 0.29) is 18.4 Å². The van der Waals surface area contributed by atoms with Crippen LogP contribution in [0.15, 0.2) is 48.5 Å². The van der Waals surface area contributed by atoms with Crippen LogP contribution in [0.1, 0.15) is 18.1 Å². The number of nitrogens with zero attached hydrogens (tertiary/aromatic N) is 1. The van der Waals surface area contributed by atoms with Crippen molar-refractivity contribution in [3.05, 3.63) is 64.7 Å². The minimum absolute atomic E-state index is 0.197. The zero-order valence-electron chi connectivity index (χ0n) is 15.2. The first-order valence-electron chi connectivity index (χ1n) is 8.37. The van der Waals surface area contributed by atoms with E-state index in [1.807, 2.05) is 31.2 Å². The highest BCUT2D eigenvalue weighted by molar-refractivity contribution is 6.32. The molecule has 0 fully saturated rings. The highest BCUT2D eigenvalue weighted by Crippen LogP contribution is 2.23. The van der Waals surface area contributed by atoms with Gasteiger partial charge in [0.25, 0.3) is 5.91 Å². The van der Waals surface area contributed by atoms with Gasteiger partial charge in [0, 0.05) is 13.6 Å². The Bertz CT molecular complexity index is 779. The Labute approximate surface area is 158 Å². The third kappa shape index (κ3) is 4.99. The van der Waals surface area contributed by atoms with E-state index in [0.717, 1.165) is 11.1 Å². The highest BCUT2D eigenvalue weighted by atomic mass is 35.5. The van der Waals surface area contributed by atoms with Crippen LogP contribution in [0.2, 0.25) is 5.02 Å². The summed E-state index contributed by atoms with van der Waals surface area (Å²) in [6.45, 7) is 3.80. The number of carbonyl (C=O) groups is 2. The van der Waals surface area contributed by atoms with Crippen molar-refractivity contribution in [1.82, 2.24) is 10.2 Å². The summed E-state index contributed by atoms with van der Waals surface area (Å²) < 4.78 is 5.56. The van der Waals surface area contributed by atoms with Gasteiger partial charge in [-0.3, -0.25) is 9.59 Å². The summed E-state index contributed by atoms with van der Waals surface area (Å²) in [6.07, 6.45) is 0. The zero-order valence-corrected chi connectivity index (χ0v) is 15.9. The lowest BCUT2D eigenvalue weighted by Gasteiger charge is -2.29. The van der Waals surface area contributed by atoms with E-state index in [2.05, 4.69) is 5.32 Å². The molecule has 0 radical (unpaired) electrons. The molecule has 6 heteroatoms.